The number of carbonyl (C=O) groups is 1. The van der Waals surface area contributed by atoms with Gasteiger partial charge in [-0.15, -0.1) is 0 Å². The fourth-order valence-electron chi connectivity index (χ4n) is 1.56. The van der Waals surface area contributed by atoms with Crippen LogP contribution in [0.1, 0.15) is 28.4 Å². The molecule has 4 nitrogen and oxygen atoms in total. The molecule has 0 aliphatic carbocycles. The maximum Gasteiger partial charge on any atom is 0.418 e. The molecule has 0 amide bonds. The van der Waals surface area contributed by atoms with E-state index in [1.165, 1.54) is 6.92 Å². The topological polar surface area (TPSA) is 59.3 Å². The van der Waals surface area contributed by atoms with Crippen molar-refractivity contribution < 1.29 is 36.2 Å². The quantitative estimate of drug-likeness (QED) is 0.632. The lowest BCUT2D eigenvalue weighted by atomic mass is 10.00. The number of alkyl halides is 5. The summed E-state index contributed by atoms with van der Waals surface area (Å²) >= 11 is 0. The molecule has 0 saturated carbocycles. The van der Waals surface area contributed by atoms with Gasteiger partial charge in [0.25, 0.3) is 0 Å². The molecule has 114 valence electrons. The number of carbonyl (C=O) groups excluding carboxylic acids is 1. The van der Waals surface area contributed by atoms with E-state index in [1.54, 1.807) is 0 Å². The van der Waals surface area contributed by atoms with Gasteiger partial charge < -0.3 is 9.47 Å². The van der Waals surface area contributed by atoms with E-state index in [1.807, 2.05) is 0 Å². The molecular weight excluding hydrogens is 301 g/mol. The zero-order valence-corrected chi connectivity index (χ0v) is 10.5. The minimum Gasteiger partial charge on any atom is -0.462 e. The molecule has 0 radical (unpaired) electrons. The molecule has 0 bridgehead atoms. The predicted molar refractivity (Wildman–Crippen MR) is 58.7 cm³/mol. The first-order valence-corrected chi connectivity index (χ1v) is 5.48. The van der Waals surface area contributed by atoms with Crippen molar-refractivity contribution in [1.82, 2.24) is 0 Å². The maximum absolute atomic E-state index is 13.0. The Morgan fingerprint density at radius 1 is 1.38 bits per heavy atom. The van der Waals surface area contributed by atoms with Crippen LogP contribution >= 0.6 is 0 Å². The molecule has 0 saturated heterocycles. The highest BCUT2D eigenvalue weighted by atomic mass is 19.4. The highest BCUT2D eigenvalue weighted by Crippen LogP contribution is 2.39. The van der Waals surface area contributed by atoms with Crippen molar-refractivity contribution in [2.75, 3.05) is 6.61 Å². The summed E-state index contributed by atoms with van der Waals surface area (Å²) in [4.78, 5) is 11.5. The van der Waals surface area contributed by atoms with Crippen molar-refractivity contribution in [3.05, 3.63) is 28.8 Å². The van der Waals surface area contributed by atoms with Crippen LogP contribution in [0.3, 0.4) is 0 Å². The molecule has 0 spiro atoms. The molecule has 1 aromatic rings. The molecule has 1 aromatic carbocycles. The number of nitriles is 1. The second-order valence-corrected chi connectivity index (χ2v) is 3.57. The van der Waals surface area contributed by atoms with Crippen LogP contribution in [-0.2, 0) is 10.9 Å². The maximum atomic E-state index is 13.0. The monoisotopic (exact) mass is 309 g/mol. The molecule has 0 aliphatic rings. The van der Waals surface area contributed by atoms with E-state index in [0.717, 1.165) is 6.07 Å². The van der Waals surface area contributed by atoms with Gasteiger partial charge in [0, 0.05) is 0 Å². The van der Waals surface area contributed by atoms with Gasteiger partial charge in [0.05, 0.1) is 17.7 Å². The molecule has 0 aromatic heterocycles. The molecule has 1 rings (SSSR count). The zero-order valence-electron chi connectivity index (χ0n) is 10.5. The van der Waals surface area contributed by atoms with Gasteiger partial charge in [0.1, 0.15) is 17.4 Å². The van der Waals surface area contributed by atoms with Gasteiger partial charge in [-0.25, -0.2) is 4.79 Å². The van der Waals surface area contributed by atoms with Gasteiger partial charge in [-0.05, 0) is 19.1 Å². The highest BCUT2D eigenvalue weighted by molar-refractivity contribution is 5.92. The first-order valence-electron chi connectivity index (χ1n) is 5.48. The van der Waals surface area contributed by atoms with Crippen LogP contribution in [0, 0.1) is 11.3 Å². The van der Waals surface area contributed by atoms with Crippen LogP contribution in [0.5, 0.6) is 5.75 Å². The van der Waals surface area contributed by atoms with Gasteiger partial charge in [-0.2, -0.15) is 27.2 Å². The molecule has 9 heteroatoms. The lowest BCUT2D eigenvalue weighted by molar-refractivity contribution is -0.138. The number of nitrogens with zero attached hydrogens (tertiary/aromatic N) is 1. The van der Waals surface area contributed by atoms with Crippen LogP contribution in [0.2, 0.25) is 0 Å². The van der Waals surface area contributed by atoms with E-state index in [-0.39, 0.29) is 6.61 Å². The van der Waals surface area contributed by atoms with E-state index in [4.69, 9.17) is 5.26 Å². The lowest BCUT2D eigenvalue weighted by Crippen LogP contribution is -2.18. The molecule has 0 aliphatic heterocycles. The van der Waals surface area contributed by atoms with Crippen molar-refractivity contribution in [2.45, 2.75) is 19.7 Å². The SMILES string of the molecule is CCOC(=O)c1ccc(OC(F)F)c(C#N)c1C(F)(F)F. The standard InChI is InChI=1S/C12H8F5NO3/c1-2-20-10(19)6-3-4-8(21-11(13)14)7(5-18)9(6)12(15,16)17/h3-4,11H,2H2,1H3. The second-order valence-electron chi connectivity index (χ2n) is 3.57. The van der Waals surface area contributed by atoms with Gasteiger partial charge in [0.15, 0.2) is 0 Å². The molecule has 0 N–H and O–H groups in total. The fourth-order valence-corrected chi connectivity index (χ4v) is 1.56. The summed E-state index contributed by atoms with van der Waals surface area (Å²) in [7, 11) is 0. The van der Waals surface area contributed by atoms with E-state index >= 15 is 0 Å². The van der Waals surface area contributed by atoms with Crippen molar-refractivity contribution in [1.29, 1.82) is 5.26 Å². The summed E-state index contributed by atoms with van der Waals surface area (Å²) in [5, 5.41) is 8.78. The Morgan fingerprint density at radius 3 is 2.43 bits per heavy atom. The highest BCUT2D eigenvalue weighted by Gasteiger charge is 2.40. The number of esters is 1. The van der Waals surface area contributed by atoms with E-state index in [0.29, 0.717) is 12.1 Å². The fraction of sp³-hybridized carbons (Fsp3) is 0.333. The molecule has 0 unspecified atom stereocenters. The summed E-state index contributed by atoms with van der Waals surface area (Å²) in [5.74, 6) is -2.28. The Hall–Kier alpha value is -2.37. The predicted octanol–water partition coefficient (Wildman–Crippen LogP) is 3.36. The van der Waals surface area contributed by atoms with E-state index in [9.17, 15) is 26.7 Å². The zero-order chi connectivity index (χ0) is 16.2. The minimum absolute atomic E-state index is 0.187. The summed E-state index contributed by atoms with van der Waals surface area (Å²) in [5.41, 5.74) is -3.81. The van der Waals surface area contributed by atoms with Crippen molar-refractivity contribution in [2.24, 2.45) is 0 Å². The number of benzene rings is 1. The summed E-state index contributed by atoms with van der Waals surface area (Å²) in [6.07, 6.45) is -5.12. The average molecular weight is 309 g/mol. The first-order chi connectivity index (χ1) is 9.72. The molecule has 0 atom stereocenters. The Kier molecular flexibility index (Phi) is 5.07. The Morgan fingerprint density at radius 2 is 2.00 bits per heavy atom. The molecular formula is C12H8F5NO3. The number of halogens is 5. The Labute approximate surface area is 115 Å². The number of hydrogen-bond acceptors (Lipinski definition) is 4. The second kappa shape index (κ2) is 6.39. The normalized spacial score (nSPS) is 11.1. The third kappa shape index (κ3) is 3.81. The molecule has 21 heavy (non-hydrogen) atoms. The van der Waals surface area contributed by atoms with E-state index in [2.05, 4.69) is 9.47 Å². The smallest absolute Gasteiger partial charge is 0.418 e. The van der Waals surface area contributed by atoms with Crippen molar-refractivity contribution in [3.8, 4) is 11.8 Å². The van der Waals surface area contributed by atoms with Gasteiger partial charge in [-0.1, -0.05) is 0 Å². The van der Waals surface area contributed by atoms with Crippen LogP contribution in [0.15, 0.2) is 12.1 Å². The van der Waals surface area contributed by atoms with Crippen LogP contribution in [0.25, 0.3) is 0 Å². The third-order valence-electron chi connectivity index (χ3n) is 2.27. The van der Waals surface area contributed by atoms with Crippen molar-refractivity contribution in [3.63, 3.8) is 0 Å². The summed E-state index contributed by atoms with van der Waals surface area (Å²) in [6.45, 7) is -2.22. The lowest BCUT2D eigenvalue weighted by Gasteiger charge is -2.16. The van der Waals surface area contributed by atoms with E-state index < -0.39 is 41.2 Å². The van der Waals surface area contributed by atoms with Crippen LogP contribution in [-0.4, -0.2) is 19.2 Å². The van der Waals surface area contributed by atoms with Crippen LogP contribution < -0.4 is 4.74 Å². The third-order valence-corrected chi connectivity index (χ3v) is 2.27. The van der Waals surface area contributed by atoms with Crippen LogP contribution in [0.4, 0.5) is 22.0 Å². The number of ether oxygens (including phenoxy) is 2. The van der Waals surface area contributed by atoms with Gasteiger partial charge in [-0.3, -0.25) is 0 Å². The van der Waals surface area contributed by atoms with Gasteiger partial charge in [0.2, 0.25) is 0 Å². The molecule has 0 heterocycles. The summed E-state index contributed by atoms with van der Waals surface area (Å²) < 4.78 is 71.6. The number of hydrogen-bond donors (Lipinski definition) is 0. The number of rotatable bonds is 4. The summed E-state index contributed by atoms with van der Waals surface area (Å²) in [6, 6.07) is 2.44. The van der Waals surface area contributed by atoms with Crippen molar-refractivity contribution >= 4 is 5.97 Å². The van der Waals surface area contributed by atoms with Gasteiger partial charge >= 0.3 is 18.8 Å². The largest absolute Gasteiger partial charge is 0.462 e. The Balaban J connectivity index is 3.55. The molecule has 0 fully saturated rings. The Bertz CT molecular complexity index is 577. The minimum atomic E-state index is -5.12. The first kappa shape index (κ1) is 16.7. The average Bonchev–Trinajstić information content (AvgIpc) is 2.36.